The van der Waals surface area contributed by atoms with Crippen LogP contribution in [0.3, 0.4) is 0 Å². The number of fused-ring (bicyclic) bond motifs is 4. The second-order valence-corrected chi connectivity index (χ2v) is 11.2. The minimum Gasteiger partial charge on any atom is -0.496 e. The summed E-state index contributed by atoms with van der Waals surface area (Å²) >= 11 is 0. The molecule has 1 aromatic heterocycles. The van der Waals surface area contributed by atoms with Crippen LogP contribution in [0.25, 0.3) is 11.4 Å². The van der Waals surface area contributed by atoms with Crippen LogP contribution in [0.2, 0.25) is 0 Å². The van der Waals surface area contributed by atoms with E-state index in [0.717, 1.165) is 11.1 Å². The van der Waals surface area contributed by atoms with Crippen molar-refractivity contribution in [2.45, 2.75) is 32.5 Å². The van der Waals surface area contributed by atoms with Gasteiger partial charge in [0.25, 0.3) is 5.91 Å². The Bertz CT molecular complexity index is 1680. The fourth-order valence-electron chi connectivity index (χ4n) is 5.57. The Morgan fingerprint density at radius 3 is 2.50 bits per heavy atom. The van der Waals surface area contributed by atoms with Gasteiger partial charge in [-0.15, -0.1) is 0 Å². The lowest BCUT2D eigenvalue weighted by Gasteiger charge is -2.26. The van der Waals surface area contributed by atoms with Gasteiger partial charge in [-0.25, -0.2) is 9.67 Å². The lowest BCUT2D eigenvalue weighted by atomic mass is 10.1. The summed E-state index contributed by atoms with van der Waals surface area (Å²) in [6.07, 6.45) is 0.617. The van der Waals surface area contributed by atoms with E-state index in [-0.39, 0.29) is 18.4 Å². The molecule has 0 saturated heterocycles. The Labute approximate surface area is 267 Å². The number of nitrogens with zero attached hydrogens (tertiary/aromatic N) is 4. The number of ether oxygens (including phenoxy) is 4. The molecule has 0 fully saturated rings. The molecular weight excluding hydrogens is 588 g/mol. The summed E-state index contributed by atoms with van der Waals surface area (Å²) in [5, 5.41) is 10.9. The van der Waals surface area contributed by atoms with Crippen LogP contribution in [0, 0.1) is 0 Å². The van der Waals surface area contributed by atoms with Crippen LogP contribution >= 0.6 is 0 Å². The maximum absolute atomic E-state index is 13.5. The number of hydrogen-bond acceptors (Lipinski definition) is 9. The van der Waals surface area contributed by atoms with Crippen LogP contribution in [-0.2, 0) is 17.9 Å². The van der Waals surface area contributed by atoms with E-state index in [2.05, 4.69) is 10.6 Å². The fourth-order valence-corrected chi connectivity index (χ4v) is 5.57. The molecule has 6 rings (SSSR count). The predicted octanol–water partition coefficient (Wildman–Crippen LogP) is 3.62. The second-order valence-electron chi connectivity index (χ2n) is 11.2. The standard InChI is InChI=1S/C34H38N6O6/c1-23-33-37-32(24-8-4-3-5-9-24)38-40(33)14-15-44-27-11-6-10-25(18-27)34(42)35-12-7-13-39(22-31(41)36-23)21-26-19-29-30(20-28(26)43-2)46-17-16-45-29/h3-6,8-11,18-20,23H,7,12-17,21-22H2,1-2H3,(H,35,42)(H,36,41)/t23-/m0/s1. The summed E-state index contributed by atoms with van der Waals surface area (Å²) in [5.74, 6) is 3.33. The van der Waals surface area contributed by atoms with Gasteiger partial charge in [0.1, 0.15) is 37.1 Å². The smallest absolute Gasteiger partial charge is 0.251 e. The average molecular weight is 627 g/mol. The van der Waals surface area contributed by atoms with E-state index in [1.165, 1.54) is 0 Å². The van der Waals surface area contributed by atoms with Gasteiger partial charge >= 0.3 is 0 Å². The van der Waals surface area contributed by atoms with Gasteiger partial charge in [-0.3, -0.25) is 14.5 Å². The van der Waals surface area contributed by atoms with Crippen LogP contribution in [0.1, 0.15) is 41.1 Å². The van der Waals surface area contributed by atoms with E-state index >= 15 is 0 Å². The number of amides is 2. The number of carbonyl (C=O) groups excluding carboxylic acids is 2. The van der Waals surface area contributed by atoms with E-state index in [1.54, 1.807) is 30.0 Å². The van der Waals surface area contributed by atoms with Gasteiger partial charge in [-0.05, 0) is 37.6 Å². The van der Waals surface area contributed by atoms with Crippen LogP contribution in [0.5, 0.6) is 23.0 Å². The van der Waals surface area contributed by atoms with E-state index in [4.69, 9.17) is 29.0 Å². The molecule has 2 aliphatic heterocycles. The molecule has 1 atom stereocenters. The highest BCUT2D eigenvalue weighted by Crippen LogP contribution is 2.37. The van der Waals surface area contributed by atoms with Crippen molar-refractivity contribution in [2.75, 3.05) is 46.6 Å². The summed E-state index contributed by atoms with van der Waals surface area (Å²) < 4.78 is 25.0. The quantitative estimate of drug-likeness (QED) is 0.349. The number of hydrogen-bond donors (Lipinski definition) is 2. The predicted molar refractivity (Wildman–Crippen MR) is 170 cm³/mol. The molecule has 2 N–H and O–H groups in total. The monoisotopic (exact) mass is 626 g/mol. The summed E-state index contributed by atoms with van der Waals surface area (Å²) in [6, 6.07) is 20.1. The van der Waals surface area contributed by atoms with Crippen molar-refractivity contribution in [1.29, 1.82) is 0 Å². The van der Waals surface area contributed by atoms with Crippen molar-refractivity contribution >= 4 is 11.8 Å². The molecule has 0 radical (unpaired) electrons. The van der Waals surface area contributed by atoms with Gasteiger partial charge in [-0.2, -0.15) is 5.10 Å². The highest BCUT2D eigenvalue weighted by Gasteiger charge is 2.23. The zero-order valence-corrected chi connectivity index (χ0v) is 26.0. The molecule has 2 aliphatic rings. The van der Waals surface area contributed by atoms with Crippen LogP contribution < -0.4 is 29.6 Å². The number of nitrogens with one attached hydrogen (secondary N) is 2. The van der Waals surface area contributed by atoms with E-state index in [9.17, 15) is 9.59 Å². The van der Waals surface area contributed by atoms with Crippen molar-refractivity contribution in [3.8, 4) is 34.4 Å². The molecule has 240 valence electrons. The van der Waals surface area contributed by atoms with Gasteiger partial charge in [0.15, 0.2) is 17.3 Å². The molecule has 12 nitrogen and oxygen atoms in total. The van der Waals surface area contributed by atoms with Crippen LogP contribution in [-0.4, -0.2) is 78.0 Å². The summed E-state index contributed by atoms with van der Waals surface area (Å²) in [7, 11) is 1.61. The normalized spacial score (nSPS) is 17.8. The average Bonchev–Trinajstić information content (AvgIpc) is 3.50. The van der Waals surface area contributed by atoms with E-state index < -0.39 is 6.04 Å². The third-order valence-corrected chi connectivity index (χ3v) is 7.81. The highest BCUT2D eigenvalue weighted by atomic mass is 16.6. The summed E-state index contributed by atoms with van der Waals surface area (Å²) in [6.45, 7) is 5.03. The van der Waals surface area contributed by atoms with Crippen molar-refractivity contribution in [2.24, 2.45) is 0 Å². The topological polar surface area (TPSA) is 129 Å². The maximum atomic E-state index is 13.5. The van der Waals surface area contributed by atoms with Gasteiger partial charge in [0.2, 0.25) is 5.91 Å². The first-order valence-electron chi connectivity index (χ1n) is 15.5. The van der Waals surface area contributed by atoms with Crippen molar-refractivity contribution < 1.29 is 28.5 Å². The third kappa shape index (κ3) is 7.40. The van der Waals surface area contributed by atoms with Gasteiger partial charge in [0.05, 0.1) is 26.2 Å². The first-order chi connectivity index (χ1) is 22.5. The number of carbonyl (C=O) groups is 2. The number of benzene rings is 3. The number of methoxy groups -OCH3 is 1. The summed E-state index contributed by atoms with van der Waals surface area (Å²) in [5.41, 5.74) is 2.25. The van der Waals surface area contributed by atoms with Gasteiger partial charge < -0.3 is 29.6 Å². The zero-order chi connectivity index (χ0) is 31.9. The Hall–Kier alpha value is -5.10. The molecule has 2 amide bonds. The molecule has 4 aromatic rings. The minimum atomic E-state index is -0.426. The lowest BCUT2D eigenvalue weighted by molar-refractivity contribution is -0.123. The molecule has 3 aromatic carbocycles. The summed E-state index contributed by atoms with van der Waals surface area (Å²) in [4.78, 5) is 33.3. The molecule has 46 heavy (non-hydrogen) atoms. The molecule has 12 heteroatoms. The molecule has 3 heterocycles. The van der Waals surface area contributed by atoms with Crippen LogP contribution in [0.4, 0.5) is 0 Å². The second kappa shape index (κ2) is 14.3. The highest BCUT2D eigenvalue weighted by molar-refractivity contribution is 5.94. The minimum absolute atomic E-state index is 0.112. The van der Waals surface area contributed by atoms with Gasteiger partial charge in [0, 0.05) is 42.4 Å². The van der Waals surface area contributed by atoms with Gasteiger partial charge in [-0.1, -0.05) is 36.4 Å². The first kappa shape index (κ1) is 30.9. The van der Waals surface area contributed by atoms with E-state index in [0.29, 0.717) is 92.6 Å². The zero-order valence-electron chi connectivity index (χ0n) is 26.0. The fraction of sp³-hybridized carbons (Fsp3) is 0.353. The van der Waals surface area contributed by atoms with Crippen molar-refractivity contribution in [3.05, 3.63) is 83.7 Å². The molecule has 0 unspecified atom stereocenters. The third-order valence-electron chi connectivity index (χ3n) is 7.81. The molecule has 0 aliphatic carbocycles. The van der Waals surface area contributed by atoms with Crippen molar-refractivity contribution in [1.82, 2.24) is 30.3 Å². The lowest BCUT2D eigenvalue weighted by Crippen LogP contribution is -2.40. The largest absolute Gasteiger partial charge is 0.496 e. The van der Waals surface area contributed by atoms with Crippen molar-refractivity contribution in [3.63, 3.8) is 0 Å². The Balaban J connectivity index is 1.27. The molecule has 0 spiro atoms. The maximum Gasteiger partial charge on any atom is 0.251 e. The Morgan fingerprint density at radius 2 is 1.70 bits per heavy atom. The van der Waals surface area contributed by atoms with Crippen LogP contribution in [0.15, 0.2) is 66.7 Å². The SMILES string of the molecule is COc1cc2c(cc1CN1CCCNC(=O)c3cccc(c3)OCCn3nc(-c4ccccc4)nc3[C@H](C)NC(=O)C1)OCCO2. The molecular formula is C34H38N6O6. The van der Waals surface area contributed by atoms with E-state index in [1.807, 2.05) is 60.4 Å². The molecule has 2 bridgehead atoms. The Morgan fingerprint density at radius 1 is 0.913 bits per heavy atom. The Kier molecular flexibility index (Phi) is 9.63. The number of aromatic nitrogens is 3. The molecule has 0 saturated carbocycles. The first-order valence-corrected chi connectivity index (χ1v) is 15.5. The number of rotatable bonds is 4.